The zero-order valence-corrected chi connectivity index (χ0v) is 37.0. The first-order chi connectivity index (χ1) is 29.4. The molecule has 0 spiro atoms. The second kappa shape index (κ2) is 20.4. The summed E-state index contributed by atoms with van der Waals surface area (Å²) < 4.78 is 35.5. The molecule has 6 rings (SSSR count). The van der Waals surface area contributed by atoms with Gasteiger partial charge in [0.2, 0.25) is 6.23 Å². The number of aromatic nitrogens is 3. The van der Waals surface area contributed by atoms with Gasteiger partial charge in [-0.1, -0.05) is 39.0 Å². The molecule has 0 saturated carbocycles. The van der Waals surface area contributed by atoms with Crippen molar-refractivity contribution in [2.24, 2.45) is 10.9 Å². The number of imidazole rings is 1. The number of nitrogens with zero attached hydrogens (tertiary/aromatic N) is 5. The van der Waals surface area contributed by atoms with Crippen LogP contribution in [0.2, 0.25) is 0 Å². The molecule has 1 saturated heterocycles. The van der Waals surface area contributed by atoms with Crippen molar-refractivity contribution in [2.45, 2.75) is 65.3 Å². The third-order valence-corrected chi connectivity index (χ3v) is 11.6. The molecule has 4 N–H and O–H groups in total. The molecular weight excluding hydrogens is 798 g/mol. The number of hydrogen-bond donors (Lipinski definition) is 4. The zero-order chi connectivity index (χ0) is 43.8. The van der Waals surface area contributed by atoms with Gasteiger partial charge in [-0.2, -0.15) is 0 Å². The van der Waals surface area contributed by atoms with Gasteiger partial charge >= 0.3 is 6.09 Å². The van der Waals surface area contributed by atoms with Crippen molar-refractivity contribution in [1.82, 2.24) is 40.5 Å². The van der Waals surface area contributed by atoms with Gasteiger partial charge in [0, 0.05) is 48.2 Å². The van der Waals surface area contributed by atoms with Gasteiger partial charge < -0.3 is 24.5 Å². The van der Waals surface area contributed by atoms with E-state index in [1.54, 1.807) is 31.3 Å². The molecule has 3 atom stereocenters. The van der Waals surface area contributed by atoms with Gasteiger partial charge in [0.05, 0.1) is 60.4 Å². The molecular formula is C45H58FN9O5S. The Morgan fingerprint density at radius 2 is 2.03 bits per heavy atom. The maximum Gasteiger partial charge on any atom is 0.407 e. The quantitative estimate of drug-likeness (QED) is 0.0240. The molecule has 2 aliphatic heterocycles. The first-order valence-corrected chi connectivity index (χ1v) is 21.8. The smallest absolute Gasteiger partial charge is 0.407 e. The van der Waals surface area contributed by atoms with E-state index in [9.17, 15) is 9.59 Å². The maximum atomic E-state index is 16.7. The second-order valence-corrected chi connectivity index (χ2v) is 16.4. The molecule has 0 aliphatic carbocycles. The fourth-order valence-electron chi connectivity index (χ4n) is 7.93. The Hall–Kier alpha value is -5.42. The minimum absolute atomic E-state index is 0.141. The number of nitrogens with one attached hydrogen (secondary N) is 4. The molecule has 4 aromatic rings. The van der Waals surface area contributed by atoms with E-state index < -0.39 is 24.2 Å². The van der Waals surface area contributed by atoms with Crippen molar-refractivity contribution in [3.63, 3.8) is 0 Å². The number of methoxy groups -OCH3 is 2. The highest BCUT2D eigenvalue weighted by Gasteiger charge is 2.34. The summed E-state index contributed by atoms with van der Waals surface area (Å²) in [5.41, 5.74) is 8.45. The maximum absolute atomic E-state index is 16.7. The number of carbonyl (C=O) groups excluding carboxylic acids is 2. The molecule has 2 amide bonds. The predicted octanol–water partition coefficient (Wildman–Crippen LogP) is 8.00. The number of alkyl carbamates (subject to hydrolysis) is 1. The van der Waals surface area contributed by atoms with Crippen LogP contribution in [0.3, 0.4) is 0 Å². The number of halogens is 1. The predicted molar refractivity (Wildman–Crippen MR) is 241 cm³/mol. The average Bonchev–Trinajstić information content (AvgIpc) is 4.01. The highest BCUT2D eigenvalue weighted by atomic mass is 32.2. The topological polar surface area (TPSA) is 150 Å². The number of rotatable bonds is 19. The molecule has 16 heteroatoms. The third-order valence-electron chi connectivity index (χ3n) is 10.8. The fraction of sp³-hybridized carbons (Fsp3) is 0.422. The van der Waals surface area contributed by atoms with Gasteiger partial charge in [-0.25, -0.2) is 14.2 Å². The molecule has 14 nitrogen and oxygen atoms in total. The number of aliphatic imine (C=N–C) groups is 1. The Labute approximate surface area is 361 Å². The van der Waals surface area contributed by atoms with Crippen molar-refractivity contribution in [3.05, 3.63) is 89.1 Å². The van der Waals surface area contributed by atoms with Gasteiger partial charge in [0.15, 0.2) is 0 Å². The summed E-state index contributed by atoms with van der Waals surface area (Å²) in [4.78, 5) is 41.7. The third kappa shape index (κ3) is 10.0. The van der Waals surface area contributed by atoms with Crippen LogP contribution in [0.4, 0.5) is 9.18 Å². The fourth-order valence-corrected chi connectivity index (χ4v) is 8.60. The van der Waals surface area contributed by atoms with Gasteiger partial charge in [0.25, 0.3) is 5.91 Å². The van der Waals surface area contributed by atoms with Gasteiger partial charge in [-0.05, 0) is 88.0 Å². The van der Waals surface area contributed by atoms with Gasteiger partial charge in [-0.15, -0.1) is 11.8 Å². The largest absolute Gasteiger partial charge is 0.465 e. The number of carbonyl (C=O) groups is 2. The number of thioether (sulfide) groups is 1. The Balaban J connectivity index is 1.38. The van der Waals surface area contributed by atoms with Crippen molar-refractivity contribution in [2.75, 3.05) is 53.4 Å². The lowest BCUT2D eigenvalue weighted by Gasteiger charge is -2.32. The Morgan fingerprint density at radius 1 is 1.23 bits per heavy atom. The Bertz CT molecular complexity index is 2300. The van der Waals surface area contributed by atoms with E-state index in [1.165, 1.54) is 18.2 Å². The van der Waals surface area contributed by atoms with Crippen LogP contribution in [0, 0.1) is 11.7 Å². The molecule has 3 unspecified atom stereocenters. The molecule has 61 heavy (non-hydrogen) atoms. The van der Waals surface area contributed by atoms with Crippen LogP contribution < -0.4 is 20.8 Å². The number of aromatic amines is 1. The Kier molecular flexibility index (Phi) is 15.1. The van der Waals surface area contributed by atoms with E-state index in [0.717, 1.165) is 59.7 Å². The highest BCUT2D eigenvalue weighted by molar-refractivity contribution is 8.02. The van der Waals surface area contributed by atoms with Crippen LogP contribution in [0.15, 0.2) is 76.9 Å². The SMILES string of the molecule is C=N/C=C(\NN(CCC)C(=O)C(NC(=O)OC)C(C)C)c1ccc2c(c1)cc1n2C(/C(=C/C(=C)C)SC)Oc2cc(-c3cnc(C4CCCN4CCNCOC)[nH]3)cc(F)c2-1. The number of ether oxygens (including phenoxy) is 3. The Morgan fingerprint density at radius 3 is 2.72 bits per heavy atom. The molecule has 326 valence electrons. The number of allylic oxidation sites excluding steroid dienone is 2. The van der Waals surface area contributed by atoms with Crippen molar-refractivity contribution < 1.29 is 28.2 Å². The van der Waals surface area contributed by atoms with E-state index in [2.05, 4.69) is 44.2 Å². The highest BCUT2D eigenvalue weighted by Crippen LogP contribution is 2.48. The van der Waals surface area contributed by atoms with Crippen LogP contribution in [0.25, 0.3) is 39.1 Å². The molecule has 4 heterocycles. The van der Waals surface area contributed by atoms with Gasteiger partial charge in [0.1, 0.15) is 23.4 Å². The number of amides is 2. The number of hydrogen-bond acceptors (Lipinski definition) is 11. The molecule has 0 bridgehead atoms. The standard InChI is InChI=1S/C45H58FN9O5S/c1-10-16-54(43(56)41(28(4)5)51-45(57)59-8)52-34(24-47-6)29-13-14-35-31(20-29)22-37-40-32(46)21-30(23-38(40)60-44(55(35)37)39(61-9)19-27(2)3)33-25-49-42(50-33)36-12-11-17-53(36)18-15-48-26-58-7/h13-14,19-25,28,36,41,44,48,52H,2,6,10-12,15-18,26H2,1,3-5,7-9H3,(H,49,50)(H,51,57)/b34-24-,39-19-. The summed E-state index contributed by atoms with van der Waals surface area (Å²) in [6.45, 7) is 18.9. The first-order valence-electron chi connectivity index (χ1n) is 20.6. The van der Waals surface area contributed by atoms with Crippen LogP contribution >= 0.6 is 11.8 Å². The minimum Gasteiger partial charge on any atom is -0.465 e. The number of fused-ring (bicyclic) bond motifs is 5. The first kappa shape index (κ1) is 45.1. The van der Waals surface area contributed by atoms with Crippen LogP contribution in [-0.4, -0.2) is 103 Å². The number of hydrazine groups is 1. The molecule has 0 radical (unpaired) electrons. The van der Waals surface area contributed by atoms with Gasteiger partial charge in [-0.3, -0.25) is 35.0 Å². The molecule has 2 aliphatic rings. The second-order valence-electron chi connectivity index (χ2n) is 15.6. The summed E-state index contributed by atoms with van der Waals surface area (Å²) in [5, 5.41) is 8.23. The summed E-state index contributed by atoms with van der Waals surface area (Å²) in [6.07, 6.45) is 8.66. The van der Waals surface area contributed by atoms with Crippen LogP contribution in [0.5, 0.6) is 5.75 Å². The zero-order valence-electron chi connectivity index (χ0n) is 36.1. The van der Waals surface area contributed by atoms with Crippen LogP contribution in [0.1, 0.15) is 70.6 Å². The molecule has 1 fully saturated rings. The van der Waals surface area contributed by atoms with Crippen molar-refractivity contribution in [1.29, 1.82) is 0 Å². The lowest BCUT2D eigenvalue weighted by atomic mass is 10.0. The summed E-state index contributed by atoms with van der Waals surface area (Å²) in [6, 6.07) is 10.5. The van der Waals surface area contributed by atoms with E-state index >= 15 is 4.39 Å². The lowest BCUT2D eigenvalue weighted by molar-refractivity contribution is -0.136. The normalized spacial score (nSPS) is 17.1. The minimum atomic E-state index is -0.845. The van der Waals surface area contributed by atoms with E-state index in [0.29, 0.717) is 59.2 Å². The summed E-state index contributed by atoms with van der Waals surface area (Å²) in [7, 11) is 2.93. The average molecular weight is 856 g/mol. The van der Waals surface area contributed by atoms with E-state index in [-0.39, 0.29) is 17.9 Å². The number of likely N-dealkylation sites (tertiary alicyclic amines) is 1. The number of H-pyrrole nitrogens is 1. The van der Waals surface area contributed by atoms with E-state index in [1.807, 2.05) is 74.9 Å². The molecule has 2 aromatic heterocycles. The lowest BCUT2D eigenvalue weighted by Crippen LogP contribution is -2.55. The van der Waals surface area contributed by atoms with Crippen LogP contribution in [-0.2, 0) is 14.3 Å². The van der Waals surface area contributed by atoms with Crippen molar-refractivity contribution in [3.8, 4) is 28.3 Å². The van der Waals surface area contributed by atoms with E-state index in [4.69, 9.17) is 19.2 Å². The molecule has 2 aromatic carbocycles. The summed E-state index contributed by atoms with van der Waals surface area (Å²) in [5.74, 6) is 0.277. The number of benzene rings is 2. The monoisotopic (exact) mass is 855 g/mol. The summed E-state index contributed by atoms with van der Waals surface area (Å²) >= 11 is 1.54. The van der Waals surface area contributed by atoms with Crippen molar-refractivity contribution >= 4 is 47.1 Å².